The molecule has 3 aliphatic rings. The molecule has 11 atom stereocenters. The van der Waals surface area contributed by atoms with E-state index in [0.717, 1.165) is 26.9 Å². The Labute approximate surface area is 561 Å². The molecule has 0 spiro atoms. The van der Waals surface area contributed by atoms with Gasteiger partial charge in [0.2, 0.25) is 59.1 Å². The number of amides is 10. The number of H-pyrrole nitrogens is 2. The number of aliphatic hydroxyl groups is 1. The number of fused-ring (bicyclic) bond motifs is 32. The number of guanidine groups is 1. The molecule has 1 fully saturated rings. The van der Waals surface area contributed by atoms with Crippen LogP contribution in [0.1, 0.15) is 101 Å². The summed E-state index contributed by atoms with van der Waals surface area (Å²) in [6.07, 6.45) is 4.02. The zero-order valence-corrected chi connectivity index (χ0v) is 55.9. The van der Waals surface area contributed by atoms with Crippen molar-refractivity contribution < 1.29 is 53.1 Å². The van der Waals surface area contributed by atoms with E-state index in [9.17, 15) is 38.7 Å². The lowest BCUT2D eigenvalue weighted by molar-refractivity contribution is -0.145. The van der Waals surface area contributed by atoms with Gasteiger partial charge >= 0.3 is 0 Å². The number of para-hydroxylation sites is 1. The van der Waals surface area contributed by atoms with Gasteiger partial charge in [-0.2, -0.15) is 23.5 Å². The third kappa shape index (κ3) is 21.5. The average Bonchev–Trinajstić information content (AvgIpc) is 1.75. The largest absolute Gasteiger partial charge is 0.391 e. The number of hydrogen-bond acceptors (Lipinski definition) is 15. The smallest absolute Gasteiger partial charge is 0.246 e. The Balaban J connectivity index is 1.26. The van der Waals surface area contributed by atoms with Gasteiger partial charge in [-0.1, -0.05) is 93.1 Å². The predicted octanol–water partition coefficient (Wildman–Crippen LogP) is 1.08. The summed E-state index contributed by atoms with van der Waals surface area (Å²) >= 11 is 3.04. The molecule has 0 saturated carbocycles. The first kappa shape index (κ1) is 73.5. The number of benzene rings is 3. The summed E-state index contributed by atoms with van der Waals surface area (Å²) in [5, 5.41) is 31.2. The van der Waals surface area contributed by atoms with E-state index in [1.807, 2.05) is 55.5 Å². The number of thioether (sulfide) groups is 2. The summed E-state index contributed by atoms with van der Waals surface area (Å²) in [6.45, 7) is 6.32. The quantitative estimate of drug-likeness (QED) is 0.0302. The number of aliphatic imine (C=N–C) groups is 1. The van der Waals surface area contributed by atoms with Gasteiger partial charge in [0.15, 0.2) is 5.96 Å². The molecule has 5 heterocycles. The van der Waals surface area contributed by atoms with E-state index in [4.69, 9.17) is 17.2 Å². The van der Waals surface area contributed by atoms with Gasteiger partial charge in [-0.3, -0.25) is 52.9 Å². The molecule has 16 N–H and O–H groups in total. The van der Waals surface area contributed by atoms with E-state index in [-0.39, 0.29) is 70.4 Å². The molecule has 10 amide bonds. The second-order valence-electron chi connectivity index (χ2n) is 24.1. The highest BCUT2D eigenvalue weighted by molar-refractivity contribution is 7.98. The molecular weight excluding hydrogens is 1260 g/mol. The highest BCUT2D eigenvalue weighted by Crippen LogP contribution is 2.26. The zero-order valence-electron chi connectivity index (χ0n) is 54.3. The second kappa shape index (κ2) is 36.1. The molecule has 512 valence electrons. The molecule has 2 bridgehead atoms. The Bertz CT molecular complexity index is 3460. The maximum absolute atomic E-state index is 15.4. The Morgan fingerprint density at radius 2 is 1.34 bits per heavy atom. The van der Waals surface area contributed by atoms with Gasteiger partial charge in [-0.25, -0.2) is 4.98 Å². The Morgan fingerprint density at radius 3 is 1.98 bits per heavy atom. The summed E-state index contributed by atoms with van der Waals surface area (Å²) in [4.78, 5) is 161. The Kier molecular flexibility index (Phi) is 27.9. The van der Waals surface area contributed by atoms with Crippen LogP contribution in [0.2, 0.25) is 0 Å². The number of primary amides is 1. The van der Waals surface area contributed by atoms with Crippen molar-refractivity contribution >= 4 is 99.5 Å². The molecule has 1 saturated heterocycles. The number of nitrogens with one attached hydrogen (secondary N) is 9. The number of carbonyl (C=O) groups is 10. The second-order valence-corrected chi connectivity index (χ2v) is 26.3. The number of nitrogens with zero attached hydrogens (tertiary/aromatic N) is 4. The van der Waals surface area contributed by atoms with Crippen LogP contribution in [0, 0.1) is 5.92 Å². The third-order valence-electron chi connectivity index (χ3n) is 17.0. The number of nitrogens with two attached hydrogens (primary N) is 3. The summed E-state index contributed by atoms with van der Waals surface area (Å²) in [5.74, 6) is -5.99. The maximum atomic E-state index is 15.4. The molecule has 3 aliphatic heterocycles. The van der Waals surface area contributed by atoms with Crippen LogP contribution in [0.25, 0.3) is 10.9 Å². The molecule has 0 unspecified atom stereocenters. The van der Waals surface area contributed by atoms with Crippen molar-refractivity contribution in [1.82, 2.24) is 62.0 Å². The Hall–Kier alpha value is -8.96. The van der Waals surface area contributed by atoms with E-state index in [0.29, 0.717) is 52.7 Å². The molecule has 5 aromatic rings. The van der Waals surface area contributed by atoms with E-state index in [1.54, 1.807) is 43.5 Å². The van der Waals surface area contributed by atoms with E-state index < -0.39 is 125 Å². The number of carbonyl (C=O) groups excluding carboxylic acids is 10. The van der Waals surface area contributed by atoms with Gasteiger partial charge < -0.3 is 79.3 Å². The fraction of sp³-hybridized carbons (Fsp3) is 0.485. The summed E-state index contributed by atoms with van der Waals surface area (Å²) in [7, 11) is 1.38. The summed E-state index contributed by atoms with van der Waals surface area (Å²) in [5.41, 5.74) is 21.7. The standard InChI is InChI=1S/C66H90N16O11S2/c1-6-38(2)55-62(90)75-48(57(67)85)24-28-94-35-42-20-22-43(23-21-42)36-95-29-25-49(74-40(4)84)58(86)80-56(39(3)83)63(91)76-50(32-45-34-70-37-73-45)59(87)77-51(30-41-14-8-7-9-15-41)64(92)81(5)53(18-12-26-71-66(68)69)60(88)78-52(31-44-33-72-47-17-11-10-16-46(44)47)65(93)82-27-13-19-54(82)61(89)79-55/h7-11,14-17,20-23,33-34,37-39,48-56,72,83H,6,12-13,18-19,24-32,35-36H2,1-5H3,(H2,67,85)(H,70,73)(H,74,84)(H,75,90)(H,76,91)(H,77,87)(H,78,88)(H,79,89)(H,80,86)(H4,68,69,71)/t38-,39+,48+,49+,50-,51-,52-,53-,54-,55-,56-/m0/s1. The first-order chi connectivity index (χ1) is 45.5. The minimum Gasteiger partial charge on any atom is -0.391 e. The van der Waals surface area contributed by atoms with E-state index >= 15 is 14.4 Å². The van der Waals surface area contributed by atoms with Gasteiger partial charge in [0.1, 0.15) is 54.4 Å². The fourth-order valence-corrected chi connectivity index (χ4v) is 13.4. The molecule has 3 aromatic carbocycles. The van der Waals surface area contributed by atoms with Crippen molar-refractivity contribution in [2.24, 2.45) is 28.1 Å². The topological polar surface area (TPSA) is 417 Å². The SMILES string of the molecule is CC[C@H](C)[C@@H]1NC(=O)[C@@H]2CCCN2C(=O)[C@H](Cc2c[nH]c3ccccc23)NC(=O)[C@H](CCCN=C(N)N)N(C)C(=O)[C@H](Cc2ccccc2)NC(=O)[C@H](Cc2cnc[nH]2)NC(=O)[C@H]([C@@H](C)O)NC(=O)[C@H](NC(C)=O)CCSCc2ccc(cc2)CSCC[C@H](C(N)=O)NC1=O. The first-order valence-electron chi connectivity index (χ1n) is 32.0. The summed E-state index contributed by atoms with van der Waals surface area (Å²) in [6, 6.07) is 12.2. The lowest BCUT2D eigenvalue weighted by Gasteiger charge is -2.34. The fourth-order valence-electron chi connectivity index (χ4n) is 11.5. The predicted molar refractivity (Wildman–Crippen MR) is 363 cm³/mol. The molecule has 0 radical (unpaired) electrons. The highest BCUT2D eigenvalue weighted by atomic mass is 32.2. The van der Waals surface area contributed by atoms with Gasteiger partial charge in [0, 0.05) is 86.8 Å². The molecule has 2 aromatic heterocycles. The van der Waals surface area contributed by atoms with Crippen LogP contribution in [0.4, 0.5) is 0 Å². The van der Waals surface area contributed by atoms with Gasteiger partial charge in [0.25, 0.3) is 0 Å². The van der Waals surface area contributed by atoms with Crippen LogP contribution in [0.5, 0.6) is 0 Å². The zero-order chi connectivity index (χ0) is 68.7. The number of likely N-dealkylation sites (N-methyl/N-ethyl adjacent to an activating group) is 1. The molecule has 95 heavy (non-hydrogen) atoms. The van der Waals surface area contributed by atoms with Gasteiger partial charge in [0.05, 0.1) is 12.4 Å². The number of aromatic nitrogens is 3. The minimum atomic E-state index is -1.65. The van der Waals surface area contributed by atoms with Gasteiger partial charge in [-0.15, -0.1) is 0 Å². The first-order valence-corrected chi connectivity index (χ1v) is 34.3. The normalized spacial score (nSPS) is 24.0. The number of rotatable bonds is 15. The van der Waals surface area contributed by atoms with Crippen LogP contribution in [-0.4, -0.2) is 187 Å². The van der Waals surface area contributed by atoms with Crippen LogP contribution in [0.15, 0.2) is 103 Å². The number of hydrogen-bond donors (Lipinski definition) is 13. The van der Waals surface area contributed by atoms with Crippen molar-refractivity contribution in [3.8, 4) is 0 Å². The third-order valence-corrected chi connectivity index (χ3v) is 19.1. The van der Waals surface area contributed by atoms with Crippen molar-refractivity contribution in [3.05, 3.63) is 126 Å². The van der Waals surface area contributed by atoms with Crippen molar-refractivity contribution in [2.75, 3.05) is 31.6 Å². The maximum Gasteiger partial charge on any atom is 0.246 e. The highest BCUT2D eigenvalue weighted by Gasteiger charge is 2.42. The number of aromatic amines is 2. The van der Waals surface area contributed by atoms with Crippen molar-refractivity contribution in [3.63, 3.8) is 0 Å². The monoisotopic (exact) mass is 1350 g/mol. The minimum absolute atomic E-state index is 0.0312. The number of aliphatic hydroxyl groups excluding tert-OH is 1. The number of imidazole rings is 1. The van der Waals surface area contributed by atoms with Crippen LogP contribution >= 0.6 is 23.5 Å². The molecule has 27 nitrogen and oxygen atoms in total. The summed E-state index contributed by atoms with van der Waals surface area (Å²) < 4.78 is 0. The Morgan fingerprint density at radius 1 is 0.705 bits per heavy atom. The van der Waals surface area contributed by atoms with Crippen LogP contribution < -0.4 is 54.4 Å². The van der Waals surface area contributed by atoms with Crippen LogP contribution in [-0.2, 0) is 78.7 Å². The molecule has 8 rings (SSSR count). The van der Waals surface area contributed by atoms with Gasteiger partial charge in [-0.05, 0) is 91.2 Å². The molecule has 0 aliphatic carbocycles. The van der Waals surface area contributed by atoms with Crippen LogP contribution in [0.3, 0.4) is 0 Å². The van der Waals surface area contributed by atoms with Crippen molar-refractivity contribution in [1.29, 1.82) is 0 Å². The lowest BCUT2D eigenvalue weighted by Crippen LogP contribution is -2.62. The average molecular weight is 1350 g/mol. The molecular formula is C66H90N16O11S2. The molecule has 29 heteroatoms. The lowest BCUT2D eigenvalue weighted by atomic mass is 9.97. The van der Waals surface area contributed by atoms with Crippen molar-refractivity contribution in [2.45, 2.75) is 164 Å². The van der Waals surface area contributed by atoms with E-state index in [2.05, 4.69) is 57.2 Å². The van der Waals surface area contributed by atoms with E-state index in [1.165, 1.54) is 61.8 Å².